The first-order valence-corrected chi connectivity index (χ1v) is 7.23. The maximum Gasteiger partial charge on any atom is 0.244 e. The van der Waals surface area contributed by atoms with Crippen molar-refractivity contribution in [3.63, 3.8) is 0 Å². The van der Waals surface area contributed by atoms with Crippen LogP contribution in [0.25, 0.3) is 0 Å². The van der Waals surface area contributed by atoms with E-state index in [4.69, 9.17) is 4.74 Å². The summed E-state index contributed by atoms with van der Waals surface area (Å²) < 4.78 is 5.50. The lowest BCUT2D eigenvalue weighted by Crippen LogP contribution is -2.49. The molecule has 2 atom stereocenters. The normalized spacial score (nSPS) is 20.6. The number of morpholine rings is 1. The number of carbonyl (C=O) groups excluding carboxylic acids is 2. The number of nitrogens with zero attached hydrogens (tertiary/aromatic N) is 1. The minimum Gasteiger partial charge on any atom is -0.375 e. The van der Waals surface area contributed by atoms with E-state index in [1.807, 2.05) is 13.8 Å². The van der Waals surface area contributed by atoms with Gasteiger partial charge in [-0.3, -0.25) is 9.59 Å². The van der Waals surface area contributed by atoms with E-state index >= 15 is 0 Å². The number of rotatable bonds is 6. The Bertz CT molecular complexity index is 326. The molecule has 0 aromatic rings. The lowest BCUT2D eigenvalue weighted by atomic mass is 10.0. The summed E-state index contributed by atoms with van der Waals surface area (Å²) in [6.45, 7) is 6.22. The van der Waals surface area contributed by atoms with E-state index in [1.165, 1.54) is 4.90 Å². The molecule has 0 bridgehead atoms. The number of hydrogen-bond donors (Lipinski definition) is 2. The van der Waals surface area contributed by atoms with E-state index in [0.717, 1.165) is 6.54 Å². The van der Waals surface area contributed by atoms with E-state index < -0.39 is 6.04 Å². The van der Waals surface area contributed by atoms with Crippen LogP contribution in [0.4, 0.5) is 0 Å². The second-order valence-corrected chi connectivity index (χ2v) is 5.88. The Morgan fingerprint density at radius 3 is 2.60 bits per heavy atom. The van der Waals surface area contributed by atoms with Crippen molar-refractivity contribution in [1.29, 1.82) is 0 Å². The van der Waals surface area contributed by atoms with Gasteiger partial charge in [0.15, 0.2) is 0 Å². The molecule has 6 nitrogen and oxygen atoms in total. The Hall–Kier alpha value is -1.14. The third kappa shape index (κ3) is 5.88. The molecule has 0 aromatic carbocycles. The highest BCUT2D eigenvalue weighted by Gasteiger charge is 2.25. The van der Waals surface area contributed by atoms with Gasteiger partial charge in [-0.2, -0.15) is 0 Å². The lowest BCUT2D eigenvalue weighted by Gasteiger charge is -2.26. The first-order valence-electron chi connectivity index (χ1n) is 7.23. The smallest absolute Gasteiger partial charge is 0.244 e. The van der Waals surface area contributed by atoms with Gasteiger partial charge in [-0.25, -0.2) is 0 Å². The predicted molar refractivity (Wildman–Crippen MR) is 77.3 cm³/mol. The molecule has 2 N–H and O–H groups in total. The molecule has 6 heteroatoms. The average Bonchev–Trinajstić information content (AvgIpc) is 2.37. The zero-order valence-corrected chi connectivity index (χ0v) is 12.9. The van der Waals surface area contributed by atoms with Crippen LogP contribution in [0.2, 0.25) is 0 Å². The van der Waals surface area contributed by atoms with Crippen LogP contribution < -0.4 is 10.6 Å². The van der Waals surface area contributed by atoms with Crippen LogP contribution in [-0.2, 0) is 14.3 Å². The standard InChI is InChI=1S/C14H27N3O3/c1-10(2)7-12(14(19)17(3)4)16-13(18)8-11-9-15-5-6-20-11/h10-12,15H,5-9H2,1-4H3,(H,16,18). The van der Waals surface area contributed by atoms with E-state index in [-0.39, 0.29) is 17.9 Å². The monoisotopic (exact) mass is 285 g/mol. The van der Waals surface area contributed by atoms with Crippen molar-refractivity contribution in [2.75, 3.05) is 33.8 Å². The van der Waals surface area contributed by atoms with Crippen molar-refractivity contribution in [3.05, 3.63) is 0 Å². The Balaban J connectivity index is 2.50. The SMILES string of the molecule is CC(C)CC(NC(=O)CC1CNCCO1)C(=O)N(C)C. The molecule has 1 aliphatic heterocycles. The first-order chi connectivity index (χ1) is 9.40. The highest BCUT2D eigenvalue weighted by molar-refractivity contribution is 5.87. The van der Waals surface area contributed by atoms with Gasteiger partial charge in [0.2, 0.25) is 11.8 Å². The van der Waals surface area contributed by atoms with Gasteiger partial charge in [0.25, 0.3) is 0 Å². The second-order valence-electron chi connectivity index (χ2n) is 5.88. The molecule has 1 aliphatic rings. The third-order valence-corrected chi connectivity index (χ3v) is 3.20. The van der Waals surface area contributed by atoms with Gasteiger partial charge in [-0.05, 0) is 12.3 Å². The third-order valence-electron chi connectivity index (χ3n) is 3.20. The second kappa shape index (κ2) is 8.21. The number of likely N-dealkylation sites (N-methyl/N-ethyl adjacent to an activating group) is 1. The first kappa shape index (κ1) is 16.9. The van der Waals surface area contributed by atoms with Crippen molar-refractivity contribution in [1.82, 2.24) is 15.5 Å². The van der Waals surface area contributed by atoms with Crippen LogP contribution in [0.1, 0.15) is 26.7 Å². The van der Waals surface area contributed by atoms with E-state index in [1.54, 1.807) is 14.1 Å². The molecular weight excluding hydrogens is 258 g/mol. The van der Waals surface area contributed by atoms with Crippen LogP contribution in [0, 0.1) is 5.92 Å². The van der Waals surface area contributed by atoms with Crippen molar-refractivity contribution in [2.24, 2.45) is 5.92 Å². The summed E-state index contributed by atoms with van der Waals surface area (Å²) in [4.78, 5) is 25.6. The quantitative estimate of drug-likeness (QED) is 0.720. The summed E-state index contributed by atoms with van der Waals surface area (Å²) in [6.07, 6.45) is 0.840. The Morgan fingerprint density at radius 2 is 2.10 bits per heavy atom. The fourth-order valence-corrected chi connectivity index (χ4v) is 2.22. The molecule has 0 aromatic heterocycles. The topological polar surface area (TPSA) is 70.7 Å². The highest BCUT2D eigenvalue weighted by Crippen LogP contribution is 2.08. The van der Waals surface area contributed by atoms with Crippen LogP contribution >= 0.6 is 0 Å². The number of ether oxygens (including phenoxy) is 1. The molecule has 116 valence electrons. The predicted octanol–water partition coefficient (Wildman–Crippen LogP) is -0.0160. The number of nitrogens with one attached hydrogen (secondary N) is 2. The molecule has 0 radical (unpaired) electrons. The summed E-state index contributed by atoms with van der Waals surface area (Å²) in [5.41, 5.74) is 0. The Morgan fingerprint density at radius 1 is 1.40 bits per heavy atom. The summed E-state index contributed by atoms with van der Waals surface area (Å²) >= 11 is 0. The van der Waals surface area contributed by atoms with Crippen molar-refractivity contribution < 1.29 is 14.3 Å². The average molecular weight is 285 g/mol. The lowest BCUT2D eigenvalue weighted by molar-refractivity contribution is -0.135. The molecule has 0 saturated carbocycles. The Labute approximate surface area is 121 Å². The zero-order chi connectivity index (χ0) is 15.1. The summed E-state index contributed by atoms with van der Waals surface area (Å²) in [7, 11) is 3.41. The van der Waals surface area contributed by atoms with Crippen molar-refractivity contribution >= 4 is 11.8 Å². The molecule has 0 aliphatic carbocycles. The highest BCUT2D eigenvalue weighted by atomic mass is 16.5. The fraction of sp³-hybridized carbons (Fsp3) is 0.857. The number of hydrogen-bond acceptors (Lipinski definition) is 4. The van der Waals surface area contributed by atoms with Gasteiger partial charge in [0.05, 0.1) is 19.1 Å². The summed E-state index contributed by atoms with van der Waals surface area (Å²) in [6, 6.07) is -0.450. The summed E-state index contributed by atoms with van der Waals surface area (Å²) in [5.74, 6) is 0.158. The number of amides is 2. The molecule has 1 heterocycles. The van der Waals surface area contributed by atoms with Gasteiger partial charge in [-0.15, -0.1) is 0 Å². The van der Waals surface area contributed by atoms with E-state index in [9.17, 15) is 9.59 Å². The molecule has 2 amide bonds. The molecule has 0 spiro atoms. The maximum atomic E-state index is 12.1. The largest absolute Gasteiger partial charge is 0.375 e. The fourth-order valence-electron chi connectivity index (χ4n) is 2.22. The van der Waals surface area contributed by atoms with Gasteiger partial charge in [0, 0.05) is 27.2 Å². The number of carbonyl (C=O) groups is 2. The zero-order valence-electron chi connectivity index (χ0n) is 12.9. The van der Waals surface area contributed by atoms with Crippen molar-refractivity contribution in [2.45, 2.75) is 38.8 Å². The molecule has 20 heavy (non-hydrogen) atoms. The minimum atomic E-state index is -0.450. The van der Waals surface area contributed by atoms with Gasteiger partial charge < -0.3 is 20.3 Å². The van der Waals surface area contributed by atoms with Gasteiger partial charge in [-0.1, -0.05) is 13.8 Å². The van der Waals surface area contributed by atoms with Crippen LogP contribution in [0.15, 0.2) is 0 Å². The molecule has 1 saturated heterocycles. The van der Waals surface area contributed by atoms with Gasteiger partial charge in [0.1, 0.15) is 6.04 Å². The van der Waals surface area contributed by atoms with Gasteiger partial charge >= 0.3 is 0 Å². The van der Waals surface area contributed by atoms with E-state index in [0.29, 0.717) is 31.9 Å². The van der Waals surface area contributed by atoms with Crippen molar-refractivity contribution in [3.8, 4) is 0 Å². The molecular formula is C14H27N3O3. The minimum absolute atomic E-state index is 0.0604. The molecule has 1 fully saturated rings. The summed E-state index contributed by atoms with van der Waals surface area (Å²) in [5, 5.41) is 6.03. The Kier molecular flexibility index (Phi) is 6.95. The van der Waals surface area contributed by atoms with E-state index in [2.05, 4.69) is 10.6 Å². The maximum absolute atomic E-state index is 12.1. The van der Waals surface area contributed by atoms with Crippen LogP contribution in [-0.4, -0.2) is 62.7 Å². The molecule has 2 unspecified atom stereocenters. The van der Waals surface area contributed by atoms with Crippen LogP contribution in [0.3, 0.4) is 0 Å². The molecule has 1 rings (SSSR count). The van der Waals surface area contributed by atoms with Crippen LogP contribution in [0.5, 0.6) is 0 Å².